The van der Waals surface area contributed by atoms with Gasteiger partial charge < -0.3 is 5.32 Å². The predicted octanol–water partition coefficient (Wildman–Crippen LogP) is 5.18. The van der Waals surface area contributed by atoms with Crippen LogP contribution in [0.3, 0.4) is 0 Å². The van der Waals surface area contributed by atoms with E-state index in [1.807, 2.05) is 23.8 Å². The van der Waals surface area contributed by atoms with Crippen molar-refractivity contribution in [1.29, 1.82) is 0 Å². The monoisotopic (exact) mass is 299 g/mol. The number of halogens is 3. The van der Waals surface area contributed by atoms with Crippen LogP contribution in [-0.4, -0.2) is 0 Å². The molecular formula is C15H16F3NS. The third-order valence-corrected chi connectivity index (χ3v) is 3.98. The Morgan fingerprint density at radius 2 is 1.75 bits per heavy atom. The molecule has 108 valence electrons. The SMILES string of the molecule is CC(NC(C)c1ccccc1C(F)(F)F)c1ccsc1. The third-order valence-electron chi connectivity index (χ3n) is 3.28. The molecule has 0 aliphatic heterocycles. The molecule has 0 saturated heterocycles. The summed E-state index contributed by atoms with van der Waals surface area (Å²) in [6.07, 6.45) is -4.32. The largest absolute Gasteiger partial charge is 0.416 e. The van der Waals surface area contributed by atoms with Gasteiger partial charge in [-0.3, -0.25) is 0 Å². The summed E-state index contributed by atoms with van der Waals surface area (Å²) in [7, 11) is 0. The highest BCUT2D eigenvalue weighted by atomic mass is 32.1. The number of rotatable bonds is 4. The van der Waals surface area contributed by atoms with Gasteiger partial charge in [0, 0.05) is 12.1 Å². The summed E-state index contributed by atoms with van der Waals surface area (Å²) in [6, 6.07) is 7.33. The van der Waals surface area contributed by atoms with E-state index in [1.165, 1.54) is 12.1 Å². The summed E-state index contributed by atoms with van der Waals surface area (Å²) in [4.78, 5) is 0. The number of alkyl halides is 3. The standard InChI is InChI=1S/C15H16F3NS/c1-10(12-7-8-20-9-12)19-11(2)13-5-3-4-6-14(13)15(16,17)18/h3-11,19H,1-2H3. The molecule has 2 atom stereocenters. The molecule has 2 aromatic rings. The average Bonchev–Trinajstić information content (AvgIpc) is 2.91. The molecule has 1 N–H and O–H groups in total. The second kappa shape index (κ2) is 5.97. The van der Waals surface area contributed by atoms with Crippen LogP contribution in [-0.2, 0) is 6.18 Å². The molecule has 0 saturated carbocycles. The Balaban J connectivity index is 2.19. The van der Waals surface area contributed by atoms with Crippen molar-refractivity contribution < 1.29 is 13.2 Å². The van der Waals surface area contributed by atoms with Gasteiger partial charge in [0.15, 0.2) is 0 Å². The molecule has 20 heavy (non-hydrogen) atoms. The Bertz CT molecular complexity index is 548. The molecule has 2 unspecified atom stereocenters. The minimum Gasteiger partial charge on any atom is -0.304 e. The van der Waals surface area contributed by atoms with Crippen LogP contribution in [0.15, 0.2) is 41.1 Å². The van der Waals surface area contributed by atoms with E-state index in [1.54, 1.807) is 24.3 Å². The van der Waals surface area contributed by atoms with Crippen LogP contribution in [0, 0.1) is 0 Å². The first-order valence-corrected chi connectivity index (χ1v) is 7.28. The van der Waals surface area contributed by atoms with Gasteiger partial charge in [0.2, 0.25) is 0 Å². The van der Waals surface area contributed by atoms with E-state index in [0.717, 1.165) is 11.6 Å². The first-order valence-electron chi connectivity index (χ1n) is 6.34. The molecule has 0 aliphatic carbocycles. The molecule has 1 aromatic carbocycles. The fourth-order valence-corrected chi connectivity index (χ4v) is 2.97. The van der Waals surface area contributed by atoms with Gasteiger partial charge in [-0.2, -0.15) is 24.5 Å². The number of benzene rings is 1. The molecule has 0 bridgehead atoms. The lowest BCUT2D eigenvalue weighted by atomic mass is 10.00. The van der Waals surface area contributed by atoms with Crippen molar-refractivity contribution in [2.45, 2.75) is 32.1 Å². The van der Waals surface area contributed by atoms with Crippen molar-refractivity contribution in [3.63, 3.8) is 0 Å². The van der Waals surface area contributed by atoms with Crippen LogP contribution < -0.4 is 5.32 Å². The van der Waals surface area contributed by atoms with Gasteiger partial charge in [-0.15, -0.1) is 0 Å². The normalized spacial score (nSPS) is 15.1. The van der Waals surface area contributed by atoms with Crippen molar-refractivity contribution in [3.8, 4) is 0 Å². The van der Waals surface area contributed by atoms with E-state index in [-0.39, 0.29) is 17.6 Å². The summed E-state index contributed by atoms with van der Waals surface area (Å²) >= 11 is 1.58. The van der Waals surface area contributed by atoms with E-state index in [4.69, 9.17) is 0 Å². The number of thiophene rings is 1. The van der Waals surface area contributed by atoms with E-state index in [9.17, 15) is 13.2 Å². The van der Waals surface area contributed by atoms with Gasteiger partial charge >= 0.3 is 6.18 Å². The van der Waals surface area contributed by atoms with Crippen LogP contribution in [0.1, 0.15) is 42.6 Å². The van der Waals surface area contributed by atoms with Crippen molar-refractivity contribution >= 4 is 11.3 Å². The van der Waals surface area contributed by atoms with E-state index in [0.29, 0.717) is 0 Å². The van der Waals surface area contributed by atoms with Gasteiger partial charge in [-0.25, -0.2) is 0 Å². The number of hydrogen-bond donors (Lipinski definition) is 1. The maximum absolute atomic E-state index is 13.0. The molecule has 0 amide bonds. The maximum atomic E-state index is 13.0. The summed E-state index contributed by atoms with van der Waals surface area (Å²) in [6.45, 7) is 3.71. The maximum Gasteiger partial charge on any atom is 0.416 e. The van der Waals surface area contributed by atoms with Crippen LogP contribution in [0.2, 0.25) is 0 Å². The summed E-state index contributed by atoms with van der Waals surface area (Å²) in [5.74, 6) is 0. The molecule has 0 radical (unpaired) electrons. The zero-order valence-electron chi connectivity index (χ0n) is 11.2. The topological polar surface area (TPSA) is 12.0 Å². The van der Waals surface area contributed by atoms with Crippen molar-refractivity contribution in [1.82, 2.24) is 5.32 Å². The Kier molecular flexibility index (Phi) is 4.50. The minimum atomic E-state index is -4.32. The molecule has 5 heteroatoms. The van der Waals surface area contributed by atoms with Crippen LogP contribution >= 0.6 is 11.3 Å². The molecule has 1 aromatic heterocycles. The fourth-order valence-electron chi connectivity index (χ4n) is 2.22. The van der Waals surface area contributed by atoms with Gasteiger partial charge in [0.05, 0.1) is 5.56 Å². The molecule has 1 nitrogen and oxygen atoms in total. The van der Waals surface area contributed by atoms with Crippen LogP contribution in [0.5, 0.6) is 0 Å². The molecule has 0 fully saturated rings. The lowest BCUT2D eigenvalue weighted by molar-refractivity contribution is -0.138. The minimum absolute atomic E-state index is 0.0116. The van der Waals surface area contributed by atoms with Gasteiger partial charge in [-0.05, 0) is 47.9 Å². The first-order chi connectivity index (χ1) is 9.39. The number of nitrogens with one attached hydrogen (secondary N) is 1. The van der Waals surface area contributed by atoms with Crippen LogP contribution in [0.25, 0.3) is 0 Å². The second-order valence-corrected chi connectivity index (χ2v) is 5.53. The first kappa shape index (κ1) is 15.1. The van der Waals surface area contributed by atoms with Gasteiger partial charge in [-0.1, -0.05) is 18.2 Å². The van der Waals surface area contributed by atoms with Crippen molar-refractivity contribution in [3.05, 3.63) is 57.8 Å². The lowest BCUT2D eigenvalue weighted by Crippen LogP contribution is -2.24. The average molecular weight is 299 g/mol. The Morgan fingerprint density at radius 3 is 2.35 bits per heavy atom. The molecule has 0 aliphatic rings. The fraction of sp³-hybridized carbons (Fsp3) is 0.333. The Hall–Kier alpha value is -1.33. The smallest absolute Gasteiger partial charge is 0.304 e. The highest BCUT2D eigenvalue weighted by molar-refractivity contribution is 7.07. The number of hydrogen-bond acceptors (Lipinski definition) is 2. The van der Waals surface area contributed by atoms with E-state index < -0.39 is 11.7 Å². The molecule has 2 rings (SSSR count). The van der Waals surface area contributed by atoms with Crippen molar-refractivity contribution in [2.24, 2.45) is 0 Å². The highest BCUT2D eigenvalue weighted by Crippen LogP contribution is 2.35. The summed E-state index contributed by atoms with van der Waals surface area (Å²) < 4.78 is 39.0. The second-order valence-electron chi connectivity index (χ2n) is 4.75. The molecule has 1 heterocycles. The van der Waals surface area contributed by atoms with Crippen molar-refractivity contribution in [2.75, 3.05) is 0 Å². The van der Waals surface area contributed by atoms with Crippen LogP contribution in [0.4, 0.5) is 13.2 Å². The molecule has 0 spiro atoms. The molecular weight excluding hydrogens is 283 g/mol. The zero-order valence-corrected chi connectivity index (χ0v) is 12.1. The van der Waals surface area contributed by atoms with Gasteiger partial charge in [0.25, 0.3) is 0 Å². The summed E-state index contributed by atoms with van der Waals surface area (Å²) in [5, 5.41) is 7.18. The highest BCUT2D eigenvalue weighted by Gasteiger charge is 2.34. The zero-order chi connectivity index (χ0) is 14.8. The Labute approximate surface area is 120 Å². The van der Waals surface area contributed by atoms with Gasteiger partial charge in [0.1, 0.15) is 0 Å². The Morgan fingerprint density at radius 1 is 1.05 bits per heavy atom. The van der Waals surface area contributed by atoms with E-state index >= 15 is 0 Å². The quantitative estimate of drug-likeness (QED) is 0.820. The summed E-state index contributed by atoms with van der Waals surface area (Å²) in [5.41, 5.74) is 0.797. The van der Waals surface area contributed by atoms with E-state index in [2.05, 4.69) is 5.32 Å². The lowest BCUT2D eigenvalue weighted by Gasteiger charge is -2.23. The predicted molar refractivity (Wildman–Crippen MR) is 75.7 cm³/mol. The third kappa shape index (κ3) is 3.41.